The van der Waals surface area contributed by atoms with Crippen LogP contribution >= 0.6 is 0 Å². The molecule has 0 spiro atoms. The van der Waals surface area contributed by atoms with Crippen LogP contribution in [0.15, 0.2) is 12.1 Å². The molecule has 0 aliphatic heterocycles. The van der Waals surface area contributed by atoms with Crippen LogP contribution < -0.4 is 9.46 Å². The average molecular weight is 257 g/mol. The maximum absolute atomic E-state index is 11.0. The Morgan fingerprint density at radius 1 is 1.24 bits per heavy atom. The number of ether oxygens (including phenoxy) is 1. The van der Waals surface area contributed by atoms with Gasteiger partial charge in [-0.15, -0.1) is 0 Å². The van der Waals surface area contributed by atoms with Crippen LogP contribution in [-0.2, 0) is 16.6 Å². The van der Waals surface area contributed by atoms with Crippen molar-refractivity contribution in [3.63, 3.8) is 0 Å². The van der Waals surface area contributed by atoms with E-state index in [1.807, 2.05) is 32.9 Å². The summed E-state index contributed by atoms with van der Waals surface area (Å²) >= 11 is 0. The molecule has 1 N–H and O–H groups in total. The number of benzene rings is 1. The lowest BCUT2D eigenvalue weighted by molar-refractivity contribution is 0.337. The van der Waals surface area contributed by atoms with Crippen LogP contribution in [-0.4, -0.2) is 21.3 Å². The predicted molar refractivity (Wildman–Crippen MR) is 68.8 cm³/mol. The van der Waals surface area contributed by atoms with Crippen molar-refractivity contribution in [1.29, 1.82) is 0 Å². The van der Waals surface area contributed by atoms with E-state index >= 15 is 0 Å². The molecule has 1 aromatic rings. The van der Waals surface area contributed by atoms with E-state index in [1.165, 1.54) is 0 Å². The molecule has 1 rings (SSSR count). The first-order valence-corrected chi connectivity index (χ1v) is 7.40. The summed E-state index contributed by atoms with van der Waals surface area (Å²) in [4.78, 5) is 0. The first-order valence-electron chi connectivity index (χ1n) is 5.51. The van der Waals surface area contributed by atoms with E-state index in [9.17, 15) is 8.42 Å². The first-order chi connectivity index (χ1) is 7.83. The molecule has 17 heavy (non-hydrogen) atoms. The lowest BCUT2D eigenvalue weighted by atomic mass is 10.0. The third-order valence-electron chi connectivity index (χ3n) is 2.46. The lowest BCUT2D eigenvalue weighted by Gasteiger charge is -2.12. The highest BCUT2D eigenvalue weighted by Gasteiger charge is 2.07. The molecule has 1 aromatic carbocycles. The van der Waals surface area contributed by atoms with Gasteiger partial charge < -0.3 is 4.74 Å². The van der Waals surface area contributed by atoms with Crippen molar-refractivity contribution in [3.05, 3.63) is 28.8 Å². The molecule has 0 bridgehead atoms. The summed E-state index contributed by atoms with van der Waals surface area (Å²) in [5.74, 6) is 0.855. The monoisotopic (exact) mass is 257 g/mol. The largest absolute Gasteiger partial charge is 0.494 e. The highest BCUT2D eigenvalue weighted by Crippen LogP contribution is 2.22. The van der Waals surface area contributed by atoms with Crippen molar-refractivity contribution in [3.8, 4) is 5.75 Å². The summed E-state index contributed by atoms with van der Waals surface area (Å²) in [7, 11) is -3.15. The quantitative estimate of drug-likeness (QED) is 0.874. The van der Waals surface area contributed by atoms with Crippen molar-refractivity contribution in [1.82, 2.24) is 4.72 Å². The zero-order valence-electron chi connectivity index (χ0n) is 10.7. The minimum absolute atomic E-state index is 0.317. The Kier molecular flexibility index (Phi) is 4.54. The lowest BCUT2D eigenvalue weighted by Crippen LogP contribution is -2.21. The molecule has 0 atom stereocenters. The summed E-state index contributed by atoms with van der Waals surface area (Å²) in [5.41, 5.74) is 3.01. The topological polar surface area (TPSA) is 55.4 Å². The molecular formula is C12H19NO3S. The summed E-state index contributed by atoms with van der Waals surface area (Å²) in [6, 6.07) is 3.90. The van der Waals surface area contributed by atoms with Crippen molar-refractivity contribution < 1.29 is 13.2 Å². The highest BCUT2D eigenvalue weighted by molar-refractivity contribution is 7.88. The zero-order valence-corrected chi connectivity index (χ0v) is 11.5. The maximum atomic E-state index is 11.0. The normalized spacial score (nSPS) is 11.5. The Labute approximate surface area is 103 Å². The molecule has 0 aliphatic carbocycles. The second-order valence-corrected chi connectivity index (χ2v) is 5.90. The van der Waals surface area contributed by atoms with Gasteiger partial charge in [-0.1, -0.05) is 6.07 Å². The van der Waals surface area contributed by atoms with Crippen LogP contribution in [0.5, 0.6) is 5.75 Å². The Balaban J connectivity index is 2.91. The summed E-state index contributed by atoms with van der Waals surface area (Å²) < 4.78 is 30.0. The van der Waals surface area contributed by atoms with Gasteiger partial charge in [0.15, 0.2) is 0 Å². The highest BCUT2D eigenvalue weighted by atomic mass is 32.2. The molecule has 0 aliphatic rings. The molecule has 5 heteroatoms. The second-order valence-electron chi connectivity index (χ2n) is 4.07. The summed E-state index contributed by atoms with van der Waals surface area (Å²) in [5, 5.41) is 0. The molecule has 0 saturated heterocycles. The molecule has 0 aromatic heterocycles. The third-order valence-corrected chi connectivity index (χ3v) is 3.13. The average Bonchev–Trinajstić information content (AvgIpc) is 2.20. The number of nitrogens with one attached hydrogen (secondary N) is 1. The zero-order chi connectivity index (χ0) is 13.1. The van der Waals surface area contributed by atoms with Crippen LogP contribution in [0.4, 0.5) is 0 Å². The van der Waals surface area contributed by atoms with Crippen molar-refractivity contribution >= 4 is 10.0 Å². The van der Waals surface area contributed by atoms with Gasteiger partial charge in [0.05, 0.1) is 12.9 Å². The number of hydrogen-bond donors (Lipinski definition) is 1. The van der Waals surface area contributed by atoms with E-state index in [0.717, 1.165) is 28.7 Å². The van der Waals surface area contributed by atoms with Crippen LogP contribution in [0.25, 0.3) is 0 Å². The Morgan fingerprint density at radius 3 is 2.41 bits per heavy atom. The maximum Gasteiger partial charge on any atom is 0.209 e. The van der Waals surface area contributed by atoms with Crippen LogP contribution in [0.2, 0.25) is 0 Å². The van der Waals surface area contributed by atoms with Gasteiger partial charge in [0, 0.05) is 6.54 Å². The minimum atomic E-state index is -3.15. The molecule has 96 valence electrons. The Morgan fingerprint density at radius 2 is 1.88 bits per heavy atom. The Hall–Kier alpha value is -1.07. The molecule has 4 nitrogen and oxygen atoms in total. The van der Waals surface area contributed by atoms with Gasteiger partial charge in [0.1, 0.15) is 5.75 Å². The standard InChI is InChI=1S/C12H19NO3S/c1-5-16-12-7-9(2)11(6-10(12)3)8-13-17(4,14)15/h6-7,13H,5,8H2,1-4H3. The number of aryl methyl sites for hydroxylation is 2. The van der Waals surface area contributed by atoms with Crippen LogP contribution in [0.1, 0.15) is 23.6 Å². The molecule has 0 amide bonds. The van der Waals surface area contributed by atoms with Crippen LogP contribution in [0.3, 0.4) is 0 Å². The number of rotatable bonds is 5. The second kappa shape index (κ2) is 5.51. The third kappa shape index (κ3) is 4.36. The fourth-order valence-electron chi connectivity index (χ4n) is 1.56. The van der Waals surface area contributed by atoms with Gasteiger partial charge in [-0.2, -0.15) is 0 Å². The molecule has 0 heterocycles. The SMILES string of the molecule is CCOc1cc(C)c(CNS(C)(=O)=O)cc1C. The predicted octanol–water partition coefficient (Wildman–Crippen LogP) is 1.75. The summed E-state index contributed by atoms with van der Waals surface area (Å²) in [6.45, 7) is 6.78. The number of hydrogen-bond acceptors (Lipinski definition) is 3. The smallest absolute Gasteiger partial charge is 0.209 e. The minimum Gasteiger partial charge on any atom is -0.494 e. The fourth-order valence-corrected chi connectivity index (χ4v) is 1.98. The van der Waals surface area contributed by atoms with E-state index < -0.39 is 10.0 Å². The molecule has 0 radical (unpaired) electrons. The molecular weight excluding hydrogens is 238 g/mol. The fraction of sp³-hybridized carbons (Fsp3) is 0.500. The van der Waals surface area contributed by atoms with Gasteiger partial charge >= 0.3 is 0 Å². The van der Waals surface area contributed by atoms with E-state index in [0.29, 0.717) is 13.2 Å². The summed E-state index contributed by atoms with van der Waals surface area (Å²) in [6.07, 6.45) is 1.16. The van der Waals surface area contributed by atoms with Crippen molar-refractivity contribution in [2.45, 2.75) is 27.3 Å². The van der Waals surface area contributed by atoms with Crippen LogP contribution in [0, 0.1) is 13.8 Å². The molecule has 0 unspecified atom stereocenters. The molecule has 0 saturated carbocycles. The van der Waals surface area contributed by atoms with E-state index in [1.54, 1.807) is 0 Å². The van der Waals surface area contributed by atoms with Gasteiger partial charge in [-0.3, -0.25) is 0 Å². The van der Waals surface area contributed by atoms with Crippen molar-refractivity contribution in [2.75, 3.05) is 12.9 Å². The first kappa shape index (κ1) is 14.0. The van der Waals surface area contributed by atoms with Gasteiger partial charge in [-0.05, 0) is 43.5 Å². The van der Waals surface area contributed by atoms with Gasteiger partial charge in [0.2, 0.25) is 10.0 Å². The van der Waals surface area contributed by atoms with Crippen molar-refractivity contribution in [2.24, 2.45) is 0 Å². The molecule has 0 fully saturated rings. The van der Waals surface area contributed by atoms with E-state index in [-0.39, 0.29) is 0 Å². The van der Waals surface area contributed by atoms with Gasteiger partial charge in [0.25, 0.3) is 0 Å². The Bertz CT molecular complexity index is 495. The van der Waals surface area contributed by atoms with E-state index in [2.05, 4.69) is 4.72 Å². The van der Waals surface area contributed by atoms with Gasteiger partial charge in [-0.25, -0.2) is 13.1 Å². The number of sulfonamides is 1. The van der Waals surface area contributed by atoms with E-state index in [4.69, 9.17) is 4.74 Å².